The molecule has 1 fully saturated rings. The van der Waals surface area contributed by atoms with Crippen LogP contribution in [0, 0.1) is 13.8 Å². The minimum atomic E-state index is -3.95. The Hall–Kier alpha value is -2.66. The molecule has 1 aliphatic rings. The summed E-state index contributed by atoms with van der Waals surface area (Å²) in [7, 11) is -2.57. The molecule has 0 bridgehead atoms. The van der Waals surface area contributed by atoms with E-state index in [9.17, 15) is 13.2 Å². The molecule has 33 heavy (non-hydrogen) atoms. The first-order valence-electron chi connectivity index (χ1n) is 10.5. The van der Waals surface area contributed by atoms with Gasteiger partial charge in [0, 0.05) is 31.2 Å². The maximum atomic E-state index is 13.3. The lowest BCUT2D eigenvalue weighted by atomic mass is 10.1. The Balaban J connectivity index is 1.49. The van der Waals surface area contributed by atoms with Gasteiger partial charge in [-0.1, -0.05) is 11.6 Å². The smallest absolute Gasteiger partial charge is 0.245 e. The molecule has 3 aromatic rings. The zero-order valence-electron chi connectivity index (χ0n) is 18.7. The second kappa shape index (κ2) is 9.30. The van der Waals surface area contributed by atoms with Crippen LogP contribution in [0.1, 0.15) is 11.1 Å². The van der Waals surface area contributed by atoms with Gasteiger partial charge < -0.3 is 15.0 Å². The Labute approximate surface area is 197 Å². The number of hydrogen-bond donors (Lipinski definition) is 2. The van der Waals surface area contributed by atoms with Crippen LogP contribution in [0.2, 0.25) is 5.02 Å². The summed E-state index contributed by atoms with van der Waals surface area (Å²) in [4.78, 5) is 14.9. The van der Waals surface area contributed by atoms with Gasteiger partial charge in [0.1, 0.15) is 4.90 Å². The van der Waals surface area contributed by atoms with E-state index in [2.05, 4.69) is 20.4 Å². The van der Waals surface area contributed by atoms with Crippen molar-refractivity contribution in [3.05, 3.63) is 46.6 Å². The molecule has 4 rings (SSSR count). The average Bonchev–Trinajstić information content (AvgIpc) is 3.22. The number of nitrogens with zero attached hydrogens (tertiary/aromatic N) is 3. The van der Waals surface area contributed by atoms with Crippen molar-refractivity contribution in [3.8, 4) is 0 Å². The second-order valence-electron chi connectivity index (χ2n) is 8.06. The summed E-state index contributed by atoms with van der Waals surface area (Å²) in [6.07, 6.45) is 1.58. The van der Waals surface area contributed by atoms with Gasteiger partial charge in [0.15, 0.2) is 0 Å². The van der Waals surface area contributed by atoms with E-state index < -0.39 is 15.9 Å². The molecule has 0 saturated carbocycles. The molecule has 0 spiro atoms. The number of amides is 1. The quantitative estimate of drug-likeness (QED) is 0.549. The number of fused-ring (bicyclic) bond motifs is 1. The number of sulfonamides is 1. The van der Waals surface area contributed by atoms with E-state index in [1.807, 2.05) is 19.1 Å². The van der Waals surface area contributed by atoms with Crippen molar-refractivity contribution < 1.29 is 17.9 Å². The maximum Gasteiger partial charge on any atom is 0.245 e. The summed E-state index contributed by atoms with van der Waals surface area (Å²) < 4.78 is 33.1. The number of aromatic amines is 1. The largest absolute Gasteiger partial charge is 0.378 e. The van der Waals surface area contributed by atoms with Crippen LogP contribution < -0.4 is 10.2 Å². The van der Waals surface area contributed by atoms with Crippen molar-refractivity contribution in [1.29, 1.82) is 0 Å². The number of hydrogen-bond acceptors (Lipinski definition) is 6. The van der Waals surface area contributed by atoms with Crippen molar-refractivity contribution in [2.24, 2.45) is 0 Å². The molecule has 11 heteroatoms. The van der Waals surface area contributed by atoms with Crippen molar-refractivity contribution in [1.82, 2.24) is 14.5 Å². The van der Waals surface area contributed by atoms with E-state index >= 15 is 0 Å². The number of halogens is 1. The van der Waals surface area contributed by atoms with Crippen LogP contribution in [0.25, 0.3) is 10.9 Å². The number of aryl methyl sites for hydroxylation is 1. The highest BCUT2D eigenvalue weighted by atomic mass is 35.5. The average molecular weight is 492 g/mol. The van der Waals surface area contributed by atoms with E-state index in [-0.39, 0.29) is 11.4 Å². The van der Waals surface area contributed by atoms with Gasteiger partial charge in [-0.05, 0) is 49.2 Å². The summed E-state index contributed by atoms with van der Waals surface area (Å²) in [5.41, 5.74) is 3.24. The topological polar surface area (TPSA) is 108 Å². The summed E-state index contributed by atoms with van der Waals surface area (Å²) >= 11 is 6.43. The molecule has 9 nitrogen and oxygen atoms in total. The molecule has 0 radical (unpaired) electrons. The molecule has 2 heterocycles. The predicted octanol–water partition coefficient (Wildman–Crippen LogP) is 2.93. The molecule has 1 saturated heterocycles. The molecule has 1 aliphatic heterocycles. The van der Waals surface area contributed by atoms with Crippen molar-refractivity contribution in [2.75, 3.05) is 50.1 Å². The summed E-state index contributed by atoms with van der Waals surface area (Å²) in [6.45, 7) is 6.01. The molecular formula is C22H26ClN5O4S. The third-order valence-corrected chi connectivity index (χ3v) is 8.10. The minimum absolute atomic E-state index is 0.128. The van der Waals surface area contributed by atoms with Crippen molar-refractivity contribution in [3.63, 3.8) is 0 Å². The Kier molecular flexibility index (Phi) is 6.62. The van der Waals surface area contributed by atoms with E-state index in [1.165, 1.54) is 7.05 Å². The molecule has 0 aliphatic carbocycles. The first-order chi connectivity index (χ1) is 15.7. The van der Waals surface area contributed by atoms with E-state index in [0.717, 1.165) is 28.6 Å². The second-order valence-corrected chi connectivity index (χ2v) is 10.4. The van der Waals surface area contributed by atoms with Gasteiger partial charge >= 0.3 is 0 Å². The van der Waals surface area contributed by atoms with E-state index in [4.69, 9.17) is 16.3 Å². The Bertz CT molecular complexity index is 1300. The summed E-state index contributed by atoms with van der Waals surface area (Å²) in [5.74, 6) is -0.470. The van der Waals surface area contributed by atoms with Crippen LogP contribution in [-0.4, -0.2) is 68.7 Å². The fourth-order valence-corrected chi connectivity index (χ4v) is 5.77. The Morgan fingerprint density at radius 3 is 2.70 bits per heavy atom. The number of benzene rings is 2. The van der Waals surface area contributed by atoms with Gasteiger partial charge in [-0.3, -0.25) is 9.89 Å². The number of likely N-dealkylation sites (N-methyl/N-ethyl adjacent to an activating group) is 1. The van der Waals surface area contributed by atoms with Crippen molar-refractivity contribution in [2.45, 2.75) is 18.7 Å². The van der Waals surface area contributed by atoms with Crippen molar-refractivity contribution >= 4 is 49.8 Å². The molecular weight excluding hydrogens is 466 g/mol. The monoisotopic (exact) mass is 491 g/mol. The zero-order valence-corrected chi connectivity index (χ0v) is 20.3. The molecule has 0 unspecified atom stereocenters. The normalized spacial score (nSPS) is 14.8. The zero-order chi connectivity index (χ0) is 23.8. The number of nitrogens with one attached hydrogen (secondary N) is 2. The molecule has 176 valence electrons. The number of rotatable bonds is 6. The molecule has 1 amide bonds. The van der Waals surface area contributed by atoms with E-state index in [1.54, 1.807) is 25.3 Å². The number of morpholine rings is 1. The molecule has 1 aromatic heterocycles. The first-order valence-corrected chi connectivity index (χ1v) is 12.3. The first kappa shape index (κ1) is 23.5. The standard InChI is InChI=1S/C22H26ClN5O4S/c1-14-10-16-12-24-26-21(16)22(15(14)2)33(30,31)27(3)13-20(29)25-17-4-5-19(18(23)11-17)28-6-8-32-9-7-28/h4-5,10-12H,6-9,13H2,1-3H3,(H,24,26)(H,25,29). The molecule has 2 aromatic carbocycles. The van der Waals surface area contributed by atoms with Crippen LogP contribution in [0.3, 0.4) is 0 Å². The third-order valence-electron chi connectivity index (χ3n) is 5.82. The van der Waals surface area contributed by atoms with Gasteiger partial charge in [0.2, 0.25) is 15.9 Å². The van der Waals surface area contributed by atoms with Crippen LogP contribution >= 0.6 is 11.6 Å². The fourth-order valence-electron chi connectivity index (χ4n) is 3.91. The van der Waals surface area contributed by atoms with Crippen LogP contribution in [0.4, 0.5) is 11.4 Å². The maximum absolute atomic E-state index is 13.3. The van der Waals surface area contributed by atoms with Gasteiger partial charge in [-0.15, -0.1) is 0 Å². The highest BCUT2D eigenvalue weighted by molar-refractivity contribution is 7.89. The lowest BCUT2D eigenvalue weighted by Crippen LogP contribution is -2.36. The molecule has 2 N–H and O–H groups in total. The number of anilines is 2. The highest BCUT2D eigenvalue weighted by Crippen LogP contribution is 2.31. The SMILES string of the molecule is Cc1cc2cn[nH]c2c(S(=O)(=O)N(C)CC(=O)Nc2ccc(N3CCOCC3)c(Cl)c2)c1C. The Morgan fingerprint density at radius 2 is 2.00 bits per heavy atom. The summed E-state index contributed by atoms with van der Waals surface area (Å²) in [6, 6.07) is 7.14. The number of H-pyrrole nitrogens is 1. The van der Waals surface area contributed by atoms with Crippen LogP contribution in [-0.2, 0) is 19.6 Å². The number of aromatic nitrogens is 2. The van der Waals surface area contributed by atoms with Gasteiger partial charge in [0.25, 0.3) is 0 Å². The third kappa shape index (κ3) is 4.70. The number of carbonyl (C=O) groups excluding carboxylic acids is 1. The predicted molar refractivity (Wildman–Crippen MR) is 128 cm³/mol. The van der Waals surface area contributed by atoms with Gasteiger partial charge in [-0.25, -0.2) is 8.42 Å². The lowest BCUT2D eigenvalue weighted by Gasteiger charge is -2.29. The van der Waals surface area contributed by atoms with Gasteiger partial charge in [-0.2, -0.15) is 9.40 Å². The number of carbonyl (C=O) groups is 1. The van der Waals surface area contributed by atoms with Gasteiger partial charge in [0.05, 0.1) is 42.2 Å². The molecule has 0 atom stereocenters. The summed E-state index contributed by atoms with van der Waals surface area (Å²) in [5, 5.41) is 10.7. The number of ether oxygens (including phenoxy) is 1. The highest BCUT2D eigenvalue weighted by Gasteiger charge is 2.28. The van der Waals surface area contributed by atoms with Crippen LogP contribution in [0.15, 0.2) is 35.4 Å². The minimum Gasteiger partial charge on any atom is -0.378 e. The van der Waals surface area contributed by atoms with Crippen LogP contribution in [0.5, 0.6) is 0 Å². The Morgan fingerprint density at radius 1 is 1.27 bits per heavy atom. The fraction of sp³-hybridized carbons (Fsp3) is 0.364. The van der Waals surface area contributed by atoms with E-state index in [0.29, 0.717) is 40.4 Å². The lowest BCUT2D eigenvalue weighted by molar-refractivity contribution is -0.116.